The second kappa shape index (κ2) is 7.75. The molecule has 0 spiro atoms. The Balaban J connectivity index is 2.09. The zero-order chi connectivity index (χ0) is 17.0. The largest absolute Gasteiger partial charge is 0.372 e. The van der Waals surface area contributed by atoms with E-state index in [2.05, 4.69) is 0 Å². The Kier molecular flexibility index (Phi) is 5.96. The second-order valence-electron chi connectivity index (χ2n) is 6.02. The van der Waals surface area contributed by atoms with E-state index in [0.717, 1.165) is 5.56 Å². The molecule has 23 heavy (non-hydrogen) atoms. The lowest BCUT2D eigenvalue weighted by Crippen LogP contribution is -2.48. The smallest absolute Gasteiger partial charge is 0.223 e. The number of nitro groups is 1. The molecule has 1 aliphatic rings. The lowest BCUT2D eigenvalue weighted by molar-refractivity contribution is -0.483. The molecule has 0 aromatic heterocycles. The van der Waals surface area contributed by atoms with Crippen molar-refractivity contribution in [2.24, 2.45) is 0 Å². The Labute approximate surface area is 140 Å². The highest BCUT2D eigenvalue weighted by molar-refractivity contribution is 6.30. The maximum atomic E-state index is 12.5. The van der Waals surface area contributed by atoms with Gasteiger partial charge in [-0.2, -0.15) is 0 Å². The average molecular weight is 341 g/mol. The first-order valence-corrected chi connectivity index (χ1v) is 8.03. The zero-order valence-electron chi connectivity index (χ0n) is 13.3. The molecule has 1 aromatic carbocycles. The maximum Gasteiger partial charge on any atom is 0.223 e. The van der Waals surface area contributed by atoms with Crippen LogP contribution in [0.5, 0.6) is 0 Å². The minimum absolute atomic E-state index is 0.0211. The van der Waals surface area contributed by atoms with Gasteiger partial charge in [-0.05, 0) is 31.5 Å². The molecule has 1 aliphatic heterocycles. The van der Waals surface area contributed by atoms with Crippen molar-refractivity contribution in [1.82, 2.24) is 4.90 Å². The van der Waals surface area contributed by atoms with Crippen LogP contribution in [0.4, 0.5) is 0 Å². The monoisotopic (exact) mass is 340 g/mol. The Hall–Kier alpha value is -1.66. The van der Waals surface area contributed by atoms with Gasteiger partial charge >= 0.3 is 0 Å². The van der Waals surface area contributed by atoms with Crippen LogP contribution in [0, 0.1) is 10.1 Å². The van der Waals surface area contributed by atoms with Gasteiger partial charge in [-0.15, -0.1) is 0 Å². The predicted octanol–water partition coefficient (Wildman–Crippen LogP) is 2.73. The number of halogens is 1. The molecule has 1 aromatic rings. The fraction of sp³-hybridized carbons (Fsp3) is 0.562. The lowest BCUT2D eigenvalue weighted by atomic mass is 9.95. The Morgan fingerprint density at radius 1 is 1.35 bits per heavy atom. The third-order valence-corrected chi connectivity index (χ3v) is 4.16. The van der Waals surface area contributed by atoms with Crippen molar-refractivity contribution in [3.05, 3.63) is 45.0 Å². The van der Waals surface area contributed by atoms with Gasteiger partial charge in [-0.1, -0.05) is 23.7 Å². The van der Waals surface area contributed by atoms with Crippen molar-refractivity contribution >= 4 is 17.5 Å². The van der Waals surface area contributed by atoms with Crippen molar-refractivity contribution in [1.29, 1.82) is 0 Å². The van der Waals surface area contributed by atoms with Crippen LogP contribution in [-0.4, -0.2) is 47.6 Å². The number of nitrogens with zero attached hydrogens (tertiary/aromatic N) is 2. The van der Waals surface area contributed by atoms with Crippen molar-refractivity contribution in [3.63, 3.8) is 0 Å². The van der Waals surface area contributed by atoms with Gasteiger partial charge in [-0.3, -0.25) is 14.9 Å². The van der Waals surface area contributed by atoms with E-state index >= 15 is 0 Å². The molecule has 1 fully saturated rings. The van der Waals surface area contributed by atoms with Gasteiger partial charge in [0.2, 0.25) is 12.5 Å². The van der Waals surface area contributed by atoms with E-state index in [1.54, 1.807) is 29.2 Å². The predicted molar refractivity (Wildman–Crippen MR) is 87.3 cm³/mol. The van der Waals surface area contributed by atoms with Gasteiger partial charge in [0.1, 0.15) is 0 Å². The third-order valence-electron chi connectivity index (χ3n) is 3.90. The molecule has 3 atom stereocenters. The molecule has 0 aliphatic carbocycles. The minimum atomic E-state index is -0.455. The highest BCUT2D eigenvalue weighted by Crippen LogP contribution is 2.24. The number of amides is 1. The summed E-state index contributed by atoms with van der Waals surface area (Å²) < 4.78 is 5.62. The average Bonchev–Trinajstić information content (AvgIpc) is 2.45. The number of carbonyl (C=O) groups is 1. The SMILES string of the molecule is C[C@H]1CN(C(=O)C[C@H](C[N+](=O)[O-])c2ccc(Cl)cc2)C[C@H](C)O1. The van der Waals surface area contributed by atoms with E-state index in [0.29, 0.717) is 18.1 Å². The quantitative estimate of drug-likeness (QED) is 0.610. The highest BCUT2D eigenvalue weighted by Gasteiger charge is 2.29. The topological polar surface area (TPSA) is 72.7 Å². The van der Waals surface area contributed by atoms with Crippen LogP contribution in [-0.2, 0) is 9.53 Å². The van der Waals surface area contributed by atoms with Crippen molar-refractivity contribution in [3.8, 4) is 0 Å². The van der Waals surface area contributed by atoms with Crippen LogP contribution in [0.25, 0.3) is 0 Å². The molecular weight excluding hydrogens is 320 g/mol. The van der Waals surface area contributed by atoms with Crippen LogP contribution in [0.1, 0.15) is 31.7 Å². The van der Waals surface area contributed by atoms with Crippen molar-refractivity contribution in [2.75, 3.05) is 19.6 Å². The Morgan fingerprint density at radius 2 is 1.91 bits per heavy atom. The molecule has 1 saturated heterocycles. The summed E-state index contributed by atoms with van der Waals surface area (Å²) in [4.78, 5) is 24.8. The molecule has 0 bridgehead atoms. The second-order valence-corrected chi connectivity index (χ2v) is 6.46. The molecule has 6 nitrogen and oxygen atoms in total. The van der Waals surface area contributed by atoms with Crippen LogP contribution in [0.15, 0.2) is 24.3 Å². The molecular formula is C16H21ClN2O4. The van der Waals surface area contributed by atoms with Gasteiger partial charge in [0.05, 0.1) is 18.1 Å². The summed E-state index contributed by atoms with van der Waals surface area (Å²) in [6, 6.07) is 6.86. The molecule has 0 radical (unpaired) electrons. The van der Waals surface area contributed by atoms with E-state index in [4.69, 9.17) is 16.3 Å². The first kappa shape index (κ1) is 17.7. The summed E-state index contributed by atoms with van der Waals surface area (Å²) in [6.07, 6.45) is 0.0709. The summed E-state index contributed by atoms with van der Waals surface area (Å²) >= 11 is 5.86. The number of hydrogen-bond donors (Lipinski definition) is 0. The Bertz CT molecular complexity index is 554. The minimum Gasteiger partial charge on any atom is -0.372 e. The number of morpholine rings is 1. The molecule has 0 N–H and O–H groups in total. The zero-order valence-corrected chi connectivity index (χ0v) is 14.0. The van der Waals surface area contributed by atoms with Crippen molar-refractivity contribution in [2.45, 2.75) is 38.4 Å². The Morgan fingerprint density at radius 3 is 2.43 bits per heavy atom. The molecule has 1 amide bonds. The highest BCUT2D eigenvalue weighted by atomic mass is 35.5. The molecule has 1 heterocycles. The fourth-order valence-electron chi connectivity index (χ4n) is 2.92. The van der Waals surface area contributed by atoms with Crippen LogP contribution >= 0.6 is 11.6 Å². The van der Waals surface area contributed by atoms with Crippen LogP contribution in [0.2, 0.25) is 5.02 Å². The van der Waals surface area contributed by atoms with Gasteiger partial charge in [0, 0.05) is 29.5 Å². The summed E-state index contributed by atoms with van der Waals surface area (Å²) in [5, 5.41) is 11.5. The first-order chi connectivity index (χ1) is 10.8. The molecule has 0 saturated carbocycles. The van der Waals surface area contributed by atoms with E-state index in [9.17, 15) is 14.9 Å². The number of rotatable bonds is 5. The lowest BCUT2D eigenvalue weighted by Gasteiger charge is -2.35. The van der Waals surface area contributed by atoms with Gasteiger partial charge in [-0.25, -0.2) is 0 Å². The van der Waals surface area contributed by atoms with E-state index < -0.39 is 5.92 Å². The van der Waals surface area contributed by atoms with Crippen molar-refractivity contribution < 1.29 is 14.5 Å². The van der Waals surface area contributed by atoms with Crippen LogP contribution < -0.4 is 0 Å². The normalized spacial score (nSPS) is 22.7. The van der Waals surface area contributed by atoms with E-state index in [-0.39, 0.29) is 36.0 Å². The summed E-state index contributed by atoms with van der Waals surface area (Å²) in [5.41, 5.74) is 0.758. The van der Waals surface area contributed by atoms with E-state index in [1.165, 1.54) is 0 Å². The summed E-state index contributed by atoms with van der Waals surface area (Å²) in [5.74, 6) is -0.531. The first-order valence-electron chi connectivity index (χ1n) is 7.65. The summed E-state index contributed by atoms with van der Waals surface area (Å²) in [6.45, 7) is 4.61. The number of hydrogen-bond acceptors (Lipinski definition) is 4. The molecule has 0 unspecified atom stereocenters. The van der Waals surface area contributed by atoms with Gasteiger partial charge in [0.15, 0.2) is 0 Å². The molecule has 2 rings (SSSR count). The maximum absolute atomic E-state index is 12.5. The summed E-state index contributed by atoms with van der Waals surface area (Å²) in [7, 11) is 0. The fourth-order valence-corrected chi connectivity index (χ4v) is 3.05. The van der Waals surface area contributed by atoms with E-state index in [1.807, 2.05) is 13.8 Å². The number of carbonyl (C=O) groups excluding carboxylic acids is 1. The number of benzene rings is 1. The molecule has 7 heteroatoms. The van der Waals surface area contributed by atoms with Crippen LogP contribution in [0.3, 0.4) is 0 Å². The third kappa shape index (κ3) is 5.18. The van der Waals surface area contributed by atoms with Gasteiger partial charge in [0.25, 0.3) is 0 Å². The van der Waals surface area contributed by atoms with Gasteiger partial charge < -0.3 is 9.64 Å². The standard InChI is InChI=1S/C16H21ClN2O4/c1-11-8-18(9-12(2)23-11)16(20)7-14(10-19(21)22)13-3-5-15(17)6-4-13/h3-6,11-12,14H,7-10H2,1-2H3/t11-,12-,14+/m0/s1. The molecule has 126 valence electrons. The number of ether oxygens (including phenoxy) is 1.